The van der Waals surface area contributed by atoms with Crippen LogP contribution in [0.3, 0.4) is 0 Å². The van der Waals surface area contributed by atoms with Crippen LogP contribution in [-0.2, 0) is 0 Å². The summed E-state index contributed by atoms with van der Waals surface area (Å²) in [4.78, 5) is 0. The summed E-state index contributed by atoms with van der Waals surface area (Å²) in [7, 11) is 0. The molecule has 5 heavy (non-hydrogen) atoms. The van der Waals surface area contributed by atoms with Crippen molar-refractivity contribution in [2.75, 3.05) is 0 Å². The average Bonchev–Trinajstić information content (AvgIpc) is 0. The fourth-order valence-electron chi connectivity index (χ4n) is 0. The molecule has 0 aliphatic carbocycles. The zero-order valence-electron chi connectivity index (χ0n) is 4.67. The van der Waals surface area contributed by atoms with Crippen molar-refractivity contribution in [3.05, 3.63) is 0 Å². The summed E-state index contributed by atoms with van der Waals surface area (Å²) < 4.78 is 0. The third-order valence-electron chi connectivity index (χ3n) is 0. The van der Waals surface area contributed by atoms with Crippen molar-refractivity contribution in [2.45, 2.75) is 0 Å². The third kappa shape index (κ3) is 18.9. The molecule has 0 aromatic carbocycles. The van der Waals surface area contributed by atoms with Gasteiger partial charge in [0.05, 0.1) is 0 Å². The Kier molecular flexibility index (Phi) is 218. The standard InChI is InChI=1S/Ca.2ClH.H2O.Sr.2H/h;2*1H;1H2;;;/q+2;;;;+2;2*-1/p-2. The quantitative estimate of drug-likeness (QED) is 0.362. The van der Waals surface area contributed by atoms with E-state index < -0.39 is 0 Å². The van der Waals surface area contributed by atoms with Gasteiger partial charge in [0, 0.05) is 0 Å². The minimum absolute atomic E-state index is 0. The molecule has 28 valence electrons. The van der Waals surface area contributed by atoms with Gasteiger partial charge < -0.3 is 33.1 Å². The molecule has 5 heteroatoms. The molecule has 0 spiro atoms. The molecule has 0 bridgehead atoms. The Hall–Kier alpha value is 3.28. The number of hydrogen-bond donors (Lipinski definition) is 0. The van der Waals surface area contributed by atoms with Gasteiger partial charge in [0.15, 0.2) is 0 Å². The molecular formula is H4CaCl2OSr. The van der Waals surface area contributed by atoms with Gasteiger partial charge in [-0.3, -0.25) is 0 Å². The van der Waals surface area contributed by atoms with Gasteiger partial charge in [-0.2, -0.15) is 0 Å². The fourth-order valence-corrected chi connectivity index (χ4v) is 0. The van der Waals surface area contributed by atoms with Gasteiger partial charge in [-0.15, -0.1) is 0 Å². The second-order valence-electron chi connectivity index (χ2n) is 0. The van der Waals surface area contributed by atoms with E-state index in [-0.39, 0.29) is 116 Å². The van der Waals surface area contributed by atoms with Crippen LogP contribution in [0.15, 0.2) is 0 Å². The van der Waals surface area contributed by atoms with Crippen molar-refractivity contribution in [3.8, 4) is 0 Å². The summed E-state index contributed by atoms with van der Waals surface area (Å²) in [6.07, 6.45) is 0. The molecule has 2 N–H and O–H groups in total. The first kappa shape index (κ1) is 40.8. The van der Waals surface area contributed by atoms with Gasteiger partial charge in [0.1, 0.15) is 0 Å². The molecule has 0 amide bonds. The van der Waals surface area contributed by atoms with Crippen LogP contribution in [0.25, 0.3) is 0 Å². The van der Waals surface area contributed by atoms with Gasteiger partial charge >= 0.3 is 83.2 Å². The van der Waals surface area contributed by atoms with E-state index in [0.717, 1.165) is 0 Å². The van der Waals surface area contributed by atoms with Crippen molar-refractivity contribution in [1.82, 2.24) is 0 Å². The van der Waals surface area contributed by atoms with Crippen LogP contribution in [0.4, 0.5) is 0 Å². The summed E-state index contributed by atoms with van der Waals surface area (Å²) in [6, 6.07) is 0. The Morgan fingerprint density at radius 3 is 1.00 bits per heavy atom. The van der Waals surface area contributed by atoms with Crippen LogP contribution in [0.5, 0.6) is 0 Å². The van der Waals surface area contributed by atoms with E-state index >= 15 is 0 Å². The van der Waals surface area contributed by atoms with E-state index in [9.17, 15) is 0 Å². The topological polar surface area (TPSA) is 31.5 Å². The van der Waals surface area contributed by atoms with Crippen molar-refractivity contribution >= 4 is 83.2 Å². The molecule has 0 aliphatic rings. The van der Waals surface area contributed by atoms with Gasteiger partial charge in [-0.25, -0.2) is 0 Å². The Morgan fingerprint density at radius 2 is 1.00 bits per heavy atom. The Labute approximate surface area is 114 Å². The monoisotopic (exact) mass is 218 g/mol. The van der Waals surface area contributed by atoms with Crippen LogP contribution >= 0.6 is 0 Å². The minimum atomic E-state index is 0. The molecular weight excluding hydrogens is 215 g/mol. The first-order valence-corrected chi connectivity index (χ1v) is 0. The molecule has 0 unspecified atom stereocenters. The van der Waals surface area contributed by atoms with E-state index in [1.165, 1.54) is 0 Å². The number of halogens is 2. The van der Waals surface area contributed by atoms with Crippen molar-refractivity contribution in [1.29, 1.82) is 0 Å². The van der Waals surface area contributed by atoms with Crippen LogP contribution in [0, 0.1) is 0 Å². The summed E-state index contributed by atoms with van der Waals surface area (Å²) >= 11 is 0. The van der Waals surface area contributed by atoms with Gasteiger partial charge in [0.25, 0.3) is 0 Å². The van der Waals surface area contributed by atoms with E-state index in [1.54, 1.807) is 0 Å². The number of hydrogen-bond acceptors (Lipinski definition) is 0. The minimum Gasteiger partial charge on any atom is -1.00 e. The SMILES string of the molecule is O.[Ca+2].[Cl-].[Cl-].[H-].[H-].[Sr+2]. The third-order valence-corrected chi connectivity index (χ3v) is 0. The Morgan fingerprint density at radius 1 is 1.00 bits per heavy atom. The van der Waals surface area contributed by atoms with Crippen molar-refractivity contribution in [2.24, 2.45) is 0 Å². The first-order chi connectivity index (χ1) is 0. The summed E-state index contributed by atoms with van der Waals surface area (Å²) in [5.74, 6) is 0. The fraction of sp³-hybridized carbons (Fsp3) is 0. The molecule has 0 atom stereocenters. The molecule has 1 nitrogen and oxygen atoms in total. The molecule has 0 rings (SSSR count). The van der Waals surface area contributed by atoms with Gasteiger partial charge in [-0.1, -0.05) is 0 Å². The largest absolute Gasteiger partial charge is 2.00 e. The molecule has 0 radical (unpaired) electrons. The smallest absolute Gasteiger partial charge is 1.00 e. The molecule has 0 heterocycles. The average molecular weight is 219 g/mol. The Bertz CT molecular complexity index is 15.7. The molecule has 0 aliphatic heterocycles. The zero-order valence-corrected chi connectivity index (χ0v) is 9.87. The maximum Gasteiger partial charge on any atom is 2.00 e. The molecule has 0 aromatic rings. The van der Waals surface area contributed by atoms with E-state index in [2.05, 4.69) is 0 Å². The first-order valence-electron chi connectivity index (χ1n) is 0. The van der Waals surface area contributed by atoms with Gasteiger partial charge in [-0.05, 0) is 0 Å². The second kappa shape index (κ2) is 26.7. The number of rotatable bonds is 0. The summed E-state index contributed by atoms with van der Waals surface area (Å²) in [5, 5.41) is 0. The van der Waals surface area contributed by atoms with Crippen molar-refractivity contribution in [3.63, 3.8) is 0 Å². The van der Waals surface area contributed by atoms with E-state index in [1.807, 2.05) is 0 Å². The maximum absolute atomic E-state index is 0. The van der Waals surface area contributed by atoms with Crippen LogP contribution in [0.1, 0.15) is 2.85 Å². The van der Waals surface area contributed by atoms with E-state index in [0.29, 0.717) is 0 Å². The molecule has 0 saturated carbocycles. The predicted octanol–water partition coefficient (Wildman–Crippen LogP) is -7.35. The van der Waals surface area contributed by atoms with Crippen LogP contribution in [-0.4, -0.2) is 88.7 Å². The molecule has 0 saturated heterocycles. The predicted molar refractivity (Wildman–Crippen MR) is 17.3 cm³/mol. The van der Waals surface area contributed by atoms with E-state index in [4.69, 9.17) is 0 Å². The van der Waals surface area contributed by atoms with Gasteiger partial charge in [0.2, 0.25) is 0 Å². The molecule has 0 aromatic heterocycles. The Balaban J connectivity index is 0. The van der Waals surface area contributed by atoms with Crippen molar-refractivity contribution < 1.29 is 33.1 Å². The molecule has 0 fully saturated rings. The maximum atomic E-state index is 0. The van der Waals surface area contributed by atoms with Crippen LogP contribution in [0.2, 0.25) is 0 Å². The summed E-state index contributed by atoms with van der Waals surface area (Å²) in [5.41, 5.74) is 0. The normalized spacial score (nSPS) is 0. The summed E-state index contributed by atoms with van der Waals surface area (Å²) in [6.45, 7) is 0. The van der Waals surface area contributed by atoms with Crippen LogP contribution < -0.4 is 24.8 Å². The second-order valence-corrected chi connectivity index (χ2v) is 0. The zero-order chi connectivity index (χ0) is 0.